The van der Waals surface area contributed by atoms with Crippen LogP contribution in [0.2, 0.25) is 0 Å². The highest BCUT2D eigenvalue weighted by atomic mass is 16.5. The number of anilines is 1. The third-order valence-electron chi connectivity index (χ3n) is 3.84. The molecule has 0 heterocycles. The number of carboxylic acid groups (broad SMARTS) is 2. The molecule has 3 N–H and O–H groups in total. The highest BCUT2D eigenvalue weighted by Gasteiger charge is 2.65. The summed E-state index contributed by atoms with van der Waals surface area (Å²) in [6, 6.07) is 6.29. The van der Waals surface area contributed by atoms with Crippen LogP contribution in [0.25, 0.3) is 0 Å². The summed E-state index contributed by atoms with van der Waals surface area (Å²) >= 11 is 0. The molecule has 0 saturated heterocycles. The summed E-state index contributed by atoms with van der Waals surface area (Å²) in [7, 11) is 0. The van der Waals surface area contributed by atoms with Crippen LogP contribution in [0, 0.1) is 17.3 Å². The van der Waals surface area contributed by atoms with Crippen LogP contribution in [0.5, 0.6) is 5.75 Å². The van der Waals surface area contributed by atoms with Gasteiger partial charge in [-0.15, -0.1) is 0 Å². The van der Waals surface area contributed by atoms with Gasteiger partial charge in [0.1, 0.15) is 5.75 Å². The number of amides is 1. The Labute approximate surface area is 126 Å². The van der Waals surface area contributed by atoms with Crippen molar-refractivity contribution in [3.63, 3.8) is 0 Å². The summed E-state index contributed by atoms with van der Waals surface area (Å²) in [5, 5.41) is 20.3. The van der Waals surface area contributed by atoms with E-state index in [0.29, 0.717) is 11.4 Å². The van der Waals surface area contributed by atoms with Crippen LogP contribution < -0.4 is 10.1 Å². The molecular formula is C15H17NO6. The number of ether oxygens (including phenoxy) is 1. The van der Waals surface area contributed by atoms with Crippen LogP contribution in [0.15, 0.2) is 24.3 Å². The van der Waals surface area contributed by atoms with E-state index in [1.165, 1.54) is 6.07 Å². The Morgan fingerprint density at radius 3 is 2.45 bits per heavy atom. The van der Waals surface area contributed by atoms with Crippen molar-refractivity contribution in [1.29, 1.82) is 0 Å². The number of carbonyl (C=O) groups excluding carboxylic acids is 1. The summed E-state index contributed by atoms with van der Waals surface area (Å²) < 4.78 is 5.02. The predicted octanol–water partition coefficient (Wildman–Crippen LogP) is 1.45. The molecule has 1 aliphatic carbocycles. The summed E-state index contributed by atoms with van der Waals surface area (Å²) in [6.07, 6.45) is 0. The number of aliphatic carboxylic acids is 2. The maximum Gasteiger partial charge on any atom is 0.341 e. The molecule has 1 saturated carbocycles. The molecule has 0 spiro atoms. The monoisotopic (exact) mass is 307 g/mol. The summed E-state index contributed by atoms with van der Waals surface area (Å²) in [6.45, 7) is 3.00. The Morgan fingerprint density at radius 2 is 1.91 bits per heavy atom. The molecule has 0 aromatic heterocycles. The van der Waals surface area contributed by atoms with Crippen molar-refractivity contribution in [3.8, 4) is 5.75 Å². The lowest BCUT2D eigenvalue weighted by atomic mass is 10.1. The van der Waals surface area contributed by atoms with E-state index in [-0.39, 0.29) is 5.91 Å². The van der Waals surface area contributed by atoms with Gasteiger partial charge in [-0.2, -0.15) is 0 Å². The molecule has 0 aliphatic heterocycles. The molecule has 1 aromatic rings. The van der Waals surface area contributed by atoms with E-state index in [4.69, 9.17) is 14.9 Å². The molecule has 0 bridgehead atoms. The zero-order valence-electron chi connectivity index (χ0n) is 12.2. The van der Waals surface area contributed by atoms with Gasteiger partial charge in [0.05, 0.1) is 11.8 Å². The highest BCUT2D eigenvalue weighted by molar-refractivity contribution is 5.99. The summed E-state index contributed by atoms with van der Waals surface area (Å²) in [5.41, 5.74) is -0.146. The van der Waals surface area contributed by atoms with Crippen molar-refractivity contribution in [2.45, 2.75) is 13.8 Å². The van der Waals surface area contributed by atoms with E-state index in [9.17, 15) is 14.4 Å². The van der Waals surface area contributed by atoms with Gasteiger partial charge in [-0.1, -0.05) is 19.9 Å². The van der Waals surface area contributed by atoms with Gasteiger partial charge < -0.3 is 20.3 Å². The molecule has 7 heteroatoms. The van der Waals surface area contributed by atoms with Gasteiger partial charge in [0, 0.05) is 11.8 Å². The Balaban J connectivity index is 2.02. The van der Waals surface area contributed by atoms with Crippen LogP contribution in [0.3, 0.4) is 0 Å². The lowest BCUT2D eigenvalue weighted by molar-refractivity contribution is -0.140. The number of nitrogens with one attached hydrogen (secondary N) is 1. The molecule has 1 fully saturated rings. The first kappa shape index (κ1) is 15.8. The first-order valence-corrected chi connectivity index (χ1v) is 6.72. The van der Waals surface area contributed by atoms with Gasteiger partial charge >= 0.3 is 11.9 Å². The van der Waals surface area contributed by atoms with Crippen LogP contribution in [0.4, 0.5) is 5.69 Å². The Hall–Kier alpha value is -2.57. The van der Waals surface area contributed by atoms with Crippen LogP contribution in [-0.2, 0) is 14.4 Å². The lowest BCUT2D eigenvalue weighted by Gasteiger charge is -2.08. The minimum atomic E-state index is -1.10. The molecule has 0 unspecified atom stereocenters. The van der Waals surface area contributed by atoms with Crippen molar-refractivity contribution in [2.75, 3.05) is 11.9 Å². The van der Waals surface area contributed by atoms with Crippen LogP contribution in [0.1, 0.15) is 13.8 Å². The summed E-state index contributed by atoms with van der Waals surface area (Å²) in [4.78, 5) is 33.7. The predicted molar refractivity (Wildman–Crippen MR) is 76.6 cm³/mol. The van der Waals surface area contributed by atoms with Crippen molar-refractivity contribution in [2.24, 2.45) is 17.3 Å². The standard InChI is InChI=1S/C15H17NO6/c1-15(2)11(12(15)14(20)21)13(19)16-8-4-3-5-9(6-8)22-7-10(17)18/h3-6,11-12H,7H2,1-2H3,(H,16,19)(H,17,18)(H,20,21)/t11-,12+/m0/s1. The smallest absolute Gasteiger partial charge is 0.341 e. The van der Waals surface area contributed by atoms with Gasteiger partial charge in [-0.25, -0.2) is 4.79 Å². The third kappa shape index (κ3) is 3.19. The van der Waals surface area contributed by atoms with Gasteiger partial charge in [0.2, 0.25) is 5.91 Å². The number of carbonyl (C=O) groups is 3. The maximum atomic E-state index is 12.2. The highest BCUT2D eigenvalue weighted by Crippen LogP contribution is 2.58. The Kier molecular flexibility index (Phi) is 4.07. The topological polar surface area (TPSA) is 113 Å². The lowest BCUT2D eigenvalue weighted by Crippen LogP contribution is -2.17. The van der Waals surface area contributed by atoms with Crippen molar-refractivity contribution >= 4 is 23.5 Å². The van der Waals surface area contributed by atoms with Gasteiger partial charge in [-0.05, 0) is 17.5 Å². The van der Waals surface area contributed by atoms with E-state index < -0.39 is 35.8 Å². The summed E-state index contributed by atoms with van der Waals surface area (Å²) in [5.74, 6) is -3.42. The Bertz CT molecular complexity index is 624. The Morgan fingerprint density at radius 1 is 1.23 bits per heavy atom. The molecular weight excluding hydrogens is 290 g/mol. The van der Waals surface area contributed by atoms with E-state index in [1.807, 2.05) is 0 Å². The first-order chi connectivity index (χ1) is 10.2. The molecule has 7 nitrogen and oxygen atoms in total. The average Bonchev–Trinajstić information content (AvgIpc) is 3.00. The van der Waals surface area contributed by atoms with E-state index in [0.717, 1.165) is 0 Å². The SMILES string of the molecule is CC1(C)[C@H](C(=O)Nc2cccc(OCC(=O)O)c2)[C@@H]1C(=O)O. The number of carboxylic acids is 2. The third-order valence-corrected chi connectivity index (χ3v) is 3.84. The second-order valence-electron chi connectivity index (χ2n) is 5.81. The second kappa shape index (κ2) is 5.67. The molecule has 1 aromatic carbocycles. The molecule has 1 aliphatic rings. The van der Waals surface area contributed by atoms with Gasteiger partial charge in [0.15, 0.2) is 6.61 Å². The van der Waals surface area contributed by atoms with Crippen LogP contribution >= 0.6 is 0 Å². The molecule has 0 radical (unpaired) electrons. The average molecular weight is 307 g/mol. The fourth-order valence-electron chi connectivity index (χ4n) is 2.62. The maximum absolute atomic E-state index is 12.2. The molecule has 1 amide bonds. The minimum Gasteiger partial charge on any atom is -0.482 e. The molecule has 22 heavy (non-hydrogen) atoms. The van der Waals surface area contributed by atoms with Gasteiger partial charge in [0.25, 0.3) is 0 Å². The first-order valence-electron chi connectivity index (χ1n) is 6.72. The van der Waals surface area contributed by atoms with Crippen molar-refractivity contribution in [1.82, 2.24) is 0 Å². The minimum absolute atomic E-state index is 0.310. The largest absolute Gasteiger partial charge is 0.482 e. The normalized spacial score (nSPS) is 21.7. The fraction of sp³-hybridized carbons (Fsp3) is 0.400. The number of hydrogen-bond acceptors (Lipinski definition) is 4. The molecule has 2 atom stereocenters. The fourth-order valence-corrected chi connectivity index (χ4v) is 2.62. The zero-order chi connectivity index (χ0) is 16.5. The van der Waals surface area contributed by atoms with Crippen molar-refractivity contribution in [3.05, 3.63) is 24.3 Å². The van der Waals surface area contributed by atoms with Crippen LogP contribution in [-0.4, -0.2) is 34.7 Å². The number of rotatable bonds is 6. The molecule has 118 valence electrons. The van der Waals surface area contributed by atoms with Crippen molar-refractivity contribution < 1.29 is 29.3 Å². The van der Waals surface area contributed by atoms with E-state index in [2.05, 4.69) is 5.32 Å². The number of benzene rings is 1. The van der Waals surface area contributed by atoms with Gasteiger partial charge in [-0.3, -0.25) is 9.59 Å². The number of hydrogen-bond donors (Lipinski definition) is 3. The van der Waals surface area contributed by atoms with E-state index in [1.54, 1.807) is 32.0 Å². The molecule has 2 rings (SSSR count). The van der Waals surface area contributed by atoms with E-state index >= 15 is 0 Å². The quantitative estimate of drug-likeness (QED) is 0.733. The zero-order valence-corrected chi connectivity index (χ0v) is 12.2. The second-order valence-corrected chi connectivity index (χ2v) is 5.81.